The highest BCUT2D eigenvalue weighted by Crippen LogP contribution is 2.47. The molecule has 1 amide bonds. The number of amides is 1. The SMILES string of the molecule is CC(C)C(=O)O[C@H]1[C@@](C)(F)[C@H](N2C=CC(=O)CC2=O)O[C@]1(F)CI. The number of hydrogen-bond donors (Lipinski definition) is 0. The summed E-state index contributed by atoms with van der Waals surface area (Å²) in [6.07, 6.45) is -1.76. The van der Waals surface area contributed by atoms with E-state index in [0.717, 1.165) is 24.1 Å². The second-order valence-corrected chi connectivity index (χ2v) is 7.04. The summed E-state index contributed by atoms with van der Waals surface area (Å²) in [5.74, 6) is -5.07. The number of carbonyl (C=O) groups excluding carboxylic acids is 3. The first-order valence-electron chi connectivity index (χ1n) is 7.37. The lowest BCUT2D eigenvalue weighted by Gasteiger charge is -2.33. The Morgan fingerprint density at radius 2 is 2.12 bits per heavy atom. The Bertz CT molecular complexity index is 594. The van der Waals surface area contributed by atoms with Crippen molar-refractivity contribution in [2.45, 2.75) is 51.0 Å². The maximum atomic E-state index is 15.3. The second-order valence-electron chi connectivity index (χ2n) is 6.27. The van der Waals surface area contributed by atoms with E-state index in [1.54, 1.807) is 22.6 Å². The molecule has 6 nitrogen and oxygen atoms in total. The van der Waals surface area contributed by atoms with Crippen molar-refractivity contribution < 1.29 is 32.6 Å². The highest BCUT2D eigenvalue weighted by Gasteiger charge is 2.67. The zero-order chi connectivity index (χ0) is 18.3. The van der Waals surface area contributed by atoms with Gasteiger partial charge in [0.2, 0.25) is 5.91 Å². The number of alkyl halides is 3. The lowest BCUT2D eigenvalue weighted by atomic mass is 9.96. The Morgan fingerprint density at radius 3 is 2.62 bits per heavy atom. The van der Waals surface area contributed by atoms with Crippen molar-refractivity contribution in [2.24, 2.45) is 5.92 Å². The number of nitrogens with zero attached hydrogens (tertiary/aromatic N) is 1. The maximum Gasteiger partial charge on any atom is 0.308 e. The fraction of sp³-hybridized carbons (Fsp3) is 0.667. The van der Waals surface area contributed by atoms with Crippen LogP contribution >= 0.6 is 22.6 Å². The first-order valence-corrected chi connectivity index (χ1v) is 8.89. The van der Waals surface area contributed by atoms with Crippen molar-refractivity contribution in [2.75, 3.05) is 4.43 Å². The van der Waals surface area contributed by atoms with Gasteiger partial charge in [-0.25, -0.2) is 8.78 Å². The molecule has 0 bridgehead atoms. The predicted molar refractivity (Wildman–Crippen MR) is 87.4 cm³/mol. The van der Waals surface area contributed by atoms with Crippen molar-refractivity contribution in [1.82, 2.24) is 4.90 Å². The lowest BCUT2D eigenvalue weighted by Crippen LogP contribution is -2.53. The summed E-state index contributed by atoms with van der Waals surface area (Å²) in [6.45, 7) is 4.09. The van der Waals surface area contributed by atoms with Gasteiger partial charge in [0, 0.05) is 6.20 Å². The Labute approximate surface area is 151 Å². The second kappa shape index (κ2) is 6.66. The average molecular weight is 457 g/mol. The number of allylic oxidation sites excluding steroid dienone is 1. The molecular weight excluding hydrogens is 439 g/mol. The zero-order valence-electron chi connectivity index (χ0n) is 13.4. The first-order chi connectivity index (χ1) is 11.0. The molecule has 0 unspecified atom stereocenters. The van der Waals surface area contributed by atoms with Crippen LogP contribution < -0.4 is 0 Å². The number of ether oxygens (including phenoxy) is 2. The molecule has 0 aliphatic carbocycles. The highest BCUT2D eigenvalue weighted by atomic mass is 127. The summed E-state index contributed by atoms with van der Waals surface area (Å²) >= 11 is 1.66. The van der Waals surface area contributed by atoms with E-state index < -0.39 is 53.9 Å². The Balaban J connectivity index is 2.36. The number of hydrogen-bond acceptors (Lipinski definition) is 5. The van der Waals surface area contributed by atoms with Gasteiger partial charge >= 0.3 is 5.97 Å². The van der Waals surface area contributed by atoms with Crippen LogP contribution in [-0.2, 0) is 23.9 Å². The van der Waals surface area contributed by atoms with E-state index in [-0.39, 0.29) is 4.43 Å². The molecule has 0 saturated carbocycles. The number of ketones is 1. The lowest BCUT2D eigenvalue weighted by molar-refractivity contribution is -0.196. The quantitative estimate of drug-likeness (QED) is 0.280. The molecule has 0 aromatic heterocycles. The molecule has 1 saturated heterocycles. The zero-order valence-corrected chi connectivity index (χ0v) is 15.6. The molecule has 0 spiro atoms. The van der Waals surface area contributed by atoms with Gasteiger partial charge in [-0.2, -0.15) is 0 Å². The summed E-state index contributed by atoms with van der Waals surface area (Å²) in [7, 11) is 0. The van der Waals surface area contributed by atoms with Crippen LogP contribution in [0.5, 0.6) is 0 Å². The molecule has 2 rings (SSSR count). The molecule has 9 heteroatoms. The van der Waals surface area contributed by atoms with E-state index in [2.05, 4.69) is 0 Å². The number of carbonyl (C=O) groups is 3. The van der Waals surface area contributed by atoms with Crippen LogP contribution in [0.3, 0.4) is 0 Å². The fourth-order valence-electron chi connectivity index (χ4n) is 2.55. The van der Waals surface area contributed by atoms with E-state index in [4.69, 9.17) is 9.47 Å². The molecule has 0 N–H and O–H groups in total. The normalized spacial score (nSPS) is 36.5. The predicted octanol–water partition coefficient (Wildman–Crippen LogP) is 2.05. The molecule has 0 aromatic carbocycles. The van der Waals surface area contributed by atoms with E-state index in [9.17, 15) is 14.4 Å². The third kappa shape index (κ3) is 3.32. The first kappa shape index (κ1) is 19.2. The van der Waals surface area contributed by atoms with E-state index in [1.807, 2.05) is 0 Å². The monoisotopic (exact) mass is 457 g/mol. The molecule has 2 heterocycles. The van der Waals surface area contributed by atoms with Crippen LogP contribution in [0, 0.1) is 5.92 Å². The topological polar surface area (TPSA) is 72.9 Å². The van der Waals surface area contributed by atoms with Gasteiger partial charge in [0.05, 0.1) is 16.8 Å². The molecule has 134 valence electrons. The largest absolute Gasteiger partial charge is 0.452 e. The standard InChI is InChI=1S/C15H18F2INO5/c1-8(2)11(22)23-12-14(3,16)13(24-15(12,17)7-18)19-5-4-9(20)6-10(19)21/h4-5,8,12-13H,6-7H2,1-3H3/t12-,13+,14+,15+/m0/s1. The van der Waals surface area contributed by atoms with Crippen molar-refractivity contribution >= 4 is 40.3 Å². The van der Waals surface area contributed by atoms with Gasteiger partial charge in [-0.05, 0) is 13.0 Å². The molecule has 1 fully saturated rings. The van der Waals surface area contributed by atoms with Crippen molar-refractivity contribution in [1.29, 1.82) is 0 Å². The Hall–Kier alpha value is -1.10. The van der Waals surface area contributed by atoms with Crippen LogP contribution in [0.2, 0.25) is 0 Å². The van der Waals surface area contributed by atoms with Crippen LogP contribution in [0.15, 0.2) is 12.3 Å². The Kier molecular flexibility index (Phi) is 5.34. The Morgan fingerprint density at radius 1 is 1.50 bits per heavy atom. The van der Waals surface area contributed by atoms with E-state index >= 15 is 8.78 Å². The van der Waals surface area contributed by atoms with E-state index in [1.165, 1.54) is 13.8 Å². The maximum absolute atomic E-state index is 15.3. The fourth-order valence-corrected chi connectivity index (χ4v) is 3.13. The van der Waals surface area contributed by atoms with Gasteiger partial charge in [0.25, 0.3) is 5.85 Å². The third-order valence-electron chi connectivity index (χ3n) is 3.87. The molecule has 2 aliphatic rings. The minimum absolute atomic E-state index is 0.304. The summed E-state index contributed by atoms with van der Waals surface area (Å²) in [5, 5.41) is 0. The molecule has 4 atom stereocenters. The summed E-state index contributed by atoms with van der Waals surface area (Å²) in [6, 6.07) is 0. The molecule has 0 radical (unpaired) electrons. The van der Waals surface area contributed by atoms with Gasteiger partial charge in [-0.15, -0.1) is 0 Å². The number of halogens is 3. The van der Waals surface area contributed by atoms with Crippen molar-refractivity contribution in [3.63, 3.8) is 0 Å². The van der Waals surface area contributed by atoms with Crippen molar-refractivity contribution in [3.8, 4) is 0 Å². The molecular formula is C15H18F2INO5. The van der Waals surface area contributed by atoms with Crippen LogP contribution in [0.25, 0.3) is 0 Å². The number of rotatable bonds is 4. The van der Waals surface area contributed by atoms with Gasteiger partial charge in [-0.1, -0.05) is 36.4 Å². The molecule has 0 aromatic rings. The number of esters is 1. The molecule has 2 aliphatic heterocycles. The van der Waals surface area contributed by atoms with Crippen molar-refractivity contribution in [3.05, 3.63) is 12.3 Å². The minimum atomic E-state index is -2.59. The van der Waals surface area contributed by atoms with Crippen LogP contribution in [0.1, 0.15) is 27.2 Å². The molecule has 24 heavy (non-hydrogen) atoms. The smallest absolute Gasteiger partial charge is 0.308 e. The van der Waals surface area contributed by atoms with Gasteiger partial charge in [-0.3, -0.25) is 19.3 Å². The average Bonchev–Trinajstić information content (AvgIpc) is 2.68. The van der Waals surface area contributed by atoms with E-state index in [0.29, 0.717) is 0 Å². The summed E-state index contributed by atoms with van der Waals surface area (Å²) < 4.78 is 40.3. The van der Waals surface area contributed by atoms with Gasteiger partial charge < -0.3 is 9.47 Å². The van der Waals surface area contributed by atoms with Gasteiger partial charge in [0.1, 0.15) is 0 Å². The minimum Gasteiger partial charge on any atom is -0.452 e. The highest BCUT2D eigenvalue weighted by molar-refractivity contribution is 14.1. The van der Waals surface area contributed by atoms with Gasteiger partial charge in [0.15, 0.2) is 23.8 Å². The van der Waals surface area contributed by atoms with Crippen LogP contribution in [0.4, 0.5) is 8.78 Å². The third-order valence-corrected chi connectivity index (χ3v) is 4.91. The summed E-state index contributed by atoms with van der Waals surface area (Å²) in [4.78, 5) is 35.9. The van der Waals surface area contributed by atoms with Crippen LogP contribution in [-0.4, -0.2) is 50.8 Å². The summed E-state index contributed by atoms with van der Waals surface area (Å²) in [5.41, 5.74) is -2.50.